The summed E-state index contributed by atoms with van der Waals surface area (Å²) in [4.78, 5) is 31.6. The molecule has 2 saturated carbocycles. The van der Waals surface area contributed by atoms with Crippen LogP contribution in [-0.4, -0.2) is 20.5 Å². The summed E-state index contributed by atoms with van der Waals surface area (Å²) >= 11 is 0. The molecule has 5 rings (SSSR count). The zero-order valence-corrected chi connectivity index (χ0v) is 21.3. The normalized spacial score (nSPS) is 17.4. The van der Waals surface area contributed by atoms with Gasteiger partial charge in [0.2, 0.25) is 5.88 Å². The van der Waals surface area contributed by atoms with Gasteiger partial charge in [0.15, 0.2) is 0 Å². The molecule has 2 aromatic carbocycles. The molecular formula is C30H36N4O3. The summed E-state index contributed by atoms with van der Waals surface area (Å²) in [6.07, 6.45) is 11.8. The molecule has 2 aliphatic carbocycles. The first-order chi connectivity index (χ1) is 18.0. The first kappa shape index (κ1) is 25.1. The maximum atomic E-state index is 13.6. The van der Waals surface area contributed by atoms with Crippen molar-refractivity contribution in [3.63, 3.8) is 0 Å². The third-order valence-electron chi connectivity index (χ3n) is 7.88. The fourth-order valence-electron chi connectivity index (χ4n) is 5.80. The Morgan fingerprint density at radius 1 is 0.784 bits per heavy atom. The van der Waals surface area contributed by atoms with Gasteiger partial charge < -0.3 is 10.8 Å². The number of hydrogen-bond acceptors (Lipinski definition) is 5. The van der Waals surface area contributed by atoms with Gasteiger partial charge in [0.25, 0.3) is 5.56 Å². The van der Waals surface area contributed by atoms with E-state index in [1.807, 2.05) is 48.5 Å². The van der Waals surface area contributed by atoms with Gasteiger partial charge in [0, 0.05) is 24.0 Å². The van der Waals surface area contributed by atoms with Crippen LogP contribution in [0.5, 0.6) is 5.88 Å². The summed E-state index contributed by atoms with van der Waals surface area (Å²) in [6, 6.07) is 15.4. The summed E-state index contributed by atoms with van der Waals surface area (Å²) in [6.45, 7) is 0. The average molecular weight is 501 g/mol. The lowest BCUT2D eigenvalue weighted by Gasteiger charge is -2.29. The van der Waals surface area contributed by atoms with E-state index in [0.29, 0.717) is 5.69 Å². The fraction of sp³-hybridized carbons (Fsp3) is 0.433. The molecule has 0 aliphatic heterocycles. The lowest BCUT2D eigenvalue weighted by Crippen LogP contribution is -2.45. The van der Waals surface area contributed by atoms with Crippen LogP contribution in [0.4, 0.5) is 11.4 Å². The zero-order chi connectivity index (χ0) is 25.8. The SMILES string of the molecule is Nc1ccc(Cc2ccc(N=Cc3c(O)n(C4CCCCC4)c(=O)n(C4CCCCC4)c3=O)cc2)cc1. The average Bonchev–Trinajstić information content (AvgIpc) is 2.92. The Balaban J connectivity index is 1.46. The molecule has 0 spiro atoms. The molecule has 2 aliphatic rings. The maximum absolute atomic E-state index is 13.6. The number of nitrogens with zero attached hydrogens (tertiary/aromatic N) is 3. The van der Waals surface area contributed by atoms with Crippen molar-refractivity contribution >= 4 is 17.6 Å². The molecule has 7 nitrogen and oxygen atoms in total. The number of aromatic hydroxyl groups is 1. The van der Waals surface area contributed by atoms with Crippen LogP contribution in [0.2, 0.25) is 0 Å². The van der Waals surface area contributed by atoms with Crippen LogP contribution in [0.25, 0.3) is 0 Å². The molecule has 37 heavy (non-hydrogen) atoms. The highest BCUT2D eigenvalue weighted by molar-refractivity contribution is 5.84. The third kappa shape index (κ3) is 5.55. The van der Waals surface area contributed by atoms with E-state index < -0.39 is 5.56 Å². The van der Waals surface area contributed by atoms with Crippen molar-refractivity contribution in [3.8, 4) is 5.88 Å². The standard InChI is InChI=1S/C30H36N4O3/c31-23-15-11-21(12-16-23)19-22-13-17-24(18-14-22)32-20-27-28(35)33(25-7-3-1-4-8-25)30(37)34(29(27)36)26-9-5-2-6-10-26/h11-18,20,25-26,35H,1-10,19,31H2. The first-order valence-corrected chi connectivity index (χ1v) is 13.6. The minimum absolute atomic E-state index is 0.0866. The number of aliphatic imine (C=N–C) groups is 1. The maximum Gasteiger partial charge on any atom is 0.334 e. The lowest BCUT2D eigenvalue weighted by atomic mass is 9.94. The molecule has 0 atom stereocenters. The van der Waals surface area contributed by atoms with Crippen molar-refractivity contribution in [3.05, 3.63) is 86.1 Å². The van der Waals surface area contributed by atoms with Crippen molar-refractivity contribution in [1.82, 2.24) is 9.13 Å². The Kier molecular flexibility index (Phi) is 7.58. The van der Waals surface area contributed by atoms with Crippen LogP contribution in [0.1, 0.15) is 93.0 Å². The predicted octanol–water partition coefficient (Wildman–Crippen LogP) is 5.65. The summed E-state index contributed by atoms with van der Waals surface area (Å²) in [5.74, 6) is -0.252. The van der Waals surface area contributed by atoms with Crippen LogP contribution in [0, 0.1) is 0 Å². The topological polar surface area (TPSA) is 103 Å². The summed E-state index contributed by atoms with van der Waals surface area (Å²) in [7, 11) is 0. The second kappa shape index (κ2) is 11.2. The van der Waals surface area contributed by atoms with E-state index in [1.165, 1.54) is 20.9 Å². The van der Waals surface area contributed by atoms with Gasteiger partial charge in [-0.25, -0.2) is 4.79 Å². The quantitative estimate of drug-likeness (QED) is 0.337. The summed E-state index contributed by atoms with van der Waals surface area (Å²) < 4.78 is 2.89. The molecule has 0 saturated heterocycles. The lowest BCUT2D eigenvalue weighted by molar-refractivity contribution is 0.271. The highest BCUT2D eigenvalue weighted by Crippen LogP contribution is 2.32. The van der Waals surface area contributed by atoms with Crippen molar-refractivity contribution in [2.45, 2.75) is 82.7 Å². The van der Waals surface area contributed by atoms with Crippen LogP contribution < -0.4 is 17.0 Å². The largest absolute Gasteiger partial charge is 0.494 e. The molecule has 194 valence electrons. The molecular weight excluding hydrogens is 464 g/mol. The van der Waals surface area contributed by atoms with E-state index in [4.69, 9.17) is 5.73 Å². The van der Waals surface area contributed by atoms with Crippen molar-refractivity contribution in [2.75, 3.05) is 5.73 Å². The van der Waals surface area contributed by atoms with Gasteiger partial charge >= 0.3 is 5.69 Å². The Hall–Kier alpha value is -3.61. The monoisotopic (exact) mass is 500 g/mol. The minimum Gasteiger partial charge on any atom is -0.494 e. The molecule has 1 heterocycles. The first-order valence-electron chi connectivity index (χ1n) is 13.6. The van der Waals surface area contributed by atoms with Gasteiger partial charge in [0.05, 0.1) is 5.69 Å². The summed E-state index contributed by atoms with van der Waals surface area (Å²) in [5.41, 5.74) is 8.80. The Morgan fingerprint density at radius 2 is 1.30 bits per heavy atom. The number of anilines is 1. The van der Waals surface area contributed by atoms with Gasteiger partial charge in [0.1, 0.15) is 5.56 Å². The van der Waals surface area contributed by atoms with Gasteiger partial charge in [-0.15, -0.1) is 0 Å². The second-order valence-electron chi connectivity index (χ2n) is 10.5. The molecule has 0 unspecified atom stereocenters. The number of nitrogen functional groups attached to an aromatic ring is 1. The van der Waals surface area contributed by atoms with Crippen molar-refractivity contribution in [2.24, 2.45) is 4.99 Å². The van der Waals surface area contributed by atoms with E-state index in [2.05, 4.69) is 4.99 Å². The highest BCUT2D eigenvalue weighted by atomic mass is 16.3. The Bertz CT molecular complexity index is 1360. The fourth-order valence-corrected chi connectivity index (χ4v) is 5.80. The van der Waals surface area contributed by atoms with E-state index >= 15 is 0 Å². The highest BCUT2D eigenvalue weighted by Gasteiger charge is 2.28. The number of nitrogens with two attached hydrogens (primary N) is 1. The van der Waals surface area contributed by atoms with E-state index in [-0.39, 0.29) is 29.2 Å². The molecule has 7 heteroatoms. The molecule has 0 bridgehead atoms. The van der Waals surface area contributed by atoms with Gasteiger partial charge in [-0.1, -0.05) is 62.8 Å². The van der Waals surface area contributed by atoms with Crippen LogP contribution in [0.3, 0.4) is 0 Å². The second-order valence-corrected chi connectivity index (χ2v) is 10.5. The number of aromatic nitrogens is 2. The number of hydrogen-bond donors (Lipinski definition) is 2. The summed E-state index contributed by atoms with van der Waals surface area (Å²) in [5, 5.41) is 11.2. The van der Waals surface area contributed by atoms with E-state index in [9.17, 15) is 14.7 Å². The molecule has 3 N–H and O–H groups in total. The van der Waals surface area contributed by atoms with Crippen LogP contribution >= 0.6 is 0 Å². The molecule has 3 aromatic rings. The molecule has 2 fully saturated rings. The van der Waals surface area contributed by atoms with Crippen LogP contribution in [-0.2, 0) is 6.42 Å². The van der Waals surface area contributed by atoms with Gasteiger partial charge in [-0.05, 0) is 67.5 Å². The molecule has 1 aromatic heterocycles. The Labute approximate surface area is 217 Å². The van der Waals surface area contributed by atoms with Gasteiger partial charge in [-0.2, -0.15) is 0 Å². The van der Waals surface area contributed by atoms with Gasteiger partial charge in [-0.3, -0.25) is 18.9 Å². The zero-order valence-electron chi connectivity index (χ0n) is 21.3. The smallest absolute Gasteiger partial charge is 0.334 e. The van der Waals surface area contributed by atoms with Crippen LogP contribution in [0.15, 0.2) is 63.1 Å². The number of benzene rings is 2. The third-order valence-corrected chi connectivity index (χ3v) is 7.88. The number of rotatable bonds is 6. The van der Waals surface area contributed by atoms with Crippen molar-refractivity contribution in [1.29, 1.82) is 0 Å². The Morgan fingerprint density at radius 3 is 1.86 bits per heavy atom. The molecule has 0 radical (unpaired) electrons. The minimum atomic E-state index is -0.440. The van der Waals surface area contributed by atoms with Crippen molar-refractivity contribution < 1.29 is 5.11 Å². The van der Waals surface area contributed by atoms with E-state index in [1.54, 1.807) is 0 Å². The van der Waals surface area contributed by atoms with E-state index in [0.717, 1.165) is 81.9 Å². The predicted molar refractivity (Wildman–Crippen MR) is 148 cm³/mol. The molecule has 0 amide bonds.